The molecule has 0 aliphatic carbocycles. The molecule has 0 saturated carbocycles. The lowest BCUT2D eigenvalue weighted by Crippen LogP contribution is -2.29. The van der Waals surface area contributed by atoms with E-state index >= 15 is 0 Å². The average Bonchev–Trinajstić information content (AvgIpc) is 1.94. The number of benzene rings is 1. The van der Waals surface area contributed by atoms with Crippen molar-refractivity contribution in [3.8, 4) is 0 Å². The molecular weight excluding hydrogens is 182 g/mol. The van der Waals surface area contributed by atoms with Gasteiger partial charge in [0.05, 0.1) is 0 Å². The van der Waals surface area contributed by atoms with Gasteiger partial charge in [-0.1, -0.05) is 29.3 Å². The summed E-state index contributed by atoms with van der Waals surface area (Å²) >= 11 is 6.17. The zero-order valence-electron chi connectivity index (χ0n) is 8.61. The summed E-state index contributed by atoms with van der Waals surface area (Å²) in [6.07, 6.45) is 0. The summed E-state index contributed by atoms with van der Waals surface area (Å²) in [4.78, 5) is 0. The Bertz CT molecular complexity index is 324. The van der Waals surface area contributed by atoms with Crippen LogP contribution in [0.2, 0.25) is 5.02 Å². The van der Waals surface area contributed by atoms with E-state index in [9.17, 15) is 0 Å². The maximum absolute atomic E-state index is 6.17. The van der Waals surface area contributed by atoms with Crippen molar-refractivity contribution in [2.45, 2.75) is 33.2 Å². The zero-order valence-corrected chi connectivity index (χ0v) is 9.37. The van der Waals surface area contributed by atoms with Gasteiger partial charge in [0.1, 0.15) is 0 Å². The monoisotopic (exact) mass is 197 g/mol. The summed E-state index contributed by atoms with van der Waals surface area (Å²) < 4.78 is 0. The van der Waals surface area contributed by atoms with E-state index in [1.165, 1.54) is 5.56 Å². The molecule has 0 aromatic heterocycles. The van der Waals surface area contributed by atoms with Gasteiger partial charge in [-0.2, -0.15) is 0 Å². The largest absolute Gasteiger partial charge is 0.322 e. The molecule has 1 aromatic rings. The van der Waals surface area contributed by atoms with Gasteiger partial charge >= 0.3 is 0 Å². The van der Waals surface area contributed by atoms with Gasteiger partial charge < -0.3 is 5.73 Å². The van der Waals surface area contributed by atoms with Gasteiger partial charge in [-0.15, -0.1) is 0 Å². The summed E-state index contributed by atoms with van der Waals surface area (Å²) in [6, 6.07) is 4.12. The molecule has 0 saturated heterocycles. The smallest absolute Gasteiger partial charge is 0.0485 e. The van der Waals surface area contributed by atoms with E-state index in [0.29, 0.717) is 0 Å². The van der Waals surface area contributed by atoms with Crippen LogP contribution >= 0.6 is 11.6 Å². The fourth-order valence-corrected chi connectivity index (χ4v) is 1.77. The number of aryl methyl sites for hydroxylation is 2. The lowest BCUT2D eigenvalue weighted by molar-refractivity contribution is 0.554. The highest BCUT2D eigenvalue weighted by Crippen LogP contribution is 2.29. The van der Waals surface area contributed by atoms with E-state index in [0.717, 1.165) is 16.1 Å². The first-order chi connectivity index (χ1) is 5.82. The normalized spacial score (nSPS) is 11.8. The number of rotatable bonds is 1. The van der Waals surface area contributed by atoms with Gasteiger partial charge in [0.25, 0.3) is 0 Å². The molecule has 0 spiro atoms. The molecule has 0 amide bonds. The molecule has 2 N–H and O–H groups in total. The van der Waals surface area contributed by atoms with Gasteiger partial charge in [0.15, 0.2) is 0 Å². The Labute approximate surface area is 84.9 Å². The van der Waals surface area contributed by atoms with Gasteiger partial charge in [-0.3, -0.25) is 0 Å². The Morgan fingerprint density at radius 1 is 1.23 bits per heavy atom. The lowest BCUT2D eigenvalue weighted by Gasteiger charge is -2.22. The maximum atomic E-state index is 6.17. The Hall–Kier alpha value is -0.530. The number of hydrogen-bond donors (Lipinski definition) is 1. The fraction of sp³-hybridized carbons (Fsp3) is 0.455. The summed E-state index contributed by atoms with van der Waals surface area (Å²) in [7, 11) is 0. The minimum absolute atomic E-state index is 0.367. The number of hydrogen-bond acceptors (Lipinski definition) is 1. The van der Waals surface area contributed by atoms with Gasteiger partial charge in [-0.05, 0) is 38.8 Å². The zero-order chi connectivity index (χ0) is 10.2. The Morgan fingerprint density at radius 2 is 1.77 bits per heavy atom. The third kappa shape index (κ3) is 2.23. The van der Waals surface area contributed by atoms with Crippen LogP contribution in [0.3, 0.4) is 0 Å². The van der Waals surface area contributed by atoms with Crippen molar-refractivity contribution in [2.24, 2.45) is 5.73 Å². The molecule has 0 radical (unpaired) electrons. The molecule has 0 unspecified atom stereocenters. The van der Waals surface area contributed by atoms with E-state index in [1.54, 1.807) is 0 Å². The molecular formula is C11H16ClN. The van der Waals surface area contributed by atoms with E-state index in [2.05, 4.69) is 19.1 Å². The minimum Gasteiger partial charge on any atom is -0.322 e. The van der Waals surface area contributed by atoms with Crippen LogP contribution in [-0.2, 0) is 5.54 Å². The topological polar surface area (TPSA) is 26.0 Å². The quantitative estimate of drug-likeness (QED) is 0.736. The highest BCUT2D eigenvalue weighted by atomic mass is 35.5. The van der Waals surface area contributed by atoms with Crippen LogP contribution in [0.15, 0.2) is 12.1 Å². The van der Waals surface area contributed by atoms with Crippen molar-refractivity contribution >= 4 is 11.6 Å². The predicted molar refractivity (Wildman–Crippen MR) is 58.1 cm³/mol. The van der Waals surface area contributed by atoms with Gasteiger partial charge in [0, 0.05) is 10.6 Å². The first-order valence-corrected chi connectivity index (χ1v) is 4.76. The first-order valence-electron chi connectivity index (χ1n) is 4.38. The molecule has 0 aliphatic rings. The number of halogens is 1. The van der Waals surface area contributed by atoms with E-state index in [-0.39, 0.29) is 5.54 Å². The second-order valence-corrected chi connectivity index (χ2v) is 4.54. The Balaban J connectivity index is 3.37. The molecule has 72 valence electrons. The van der Waals surface area contributed by atoms with Crippen LogP contribution in [0, 0.1) is 13.8 Å². The Morgan fingerprint density at radius 3 is 2.23 bits per heavy atom. The third-order valence-electron chi connectivity index (χ3n) is 2.09. The van der Waals surface area contributed by atoms with Crippen molar-refractivity contribution in [1.82, 2.24) is 0 Å². The molecule has 0 heterocycles. The highest BCUT2D eigenvalue weighted by Gasteiger charge is 2.18. The summed E-state index contributed by atoms with van der Waals surface area (Å²) in [5.41, 5.74) is 8.96. The van der Waals surface area contributed by atoms with Crippen LogP contribution in [0.1, 0.15) is 30.5 Å². The average molecular weight is 198 g/mol. The third-order valence-corrected chi connectivity index (χ3v) is 2.59. The molecule has 1 aromatic carbocycles. The maximum Gasteiger partial charge on any atom is 0.0485 e. The van der Waals surface area contributed by atoms with Gasteiger partial charge in [0.2, 0.25) is 0 Å². The van der Waals surface area contributed by atoms with Crippen LogP contribution in [0.4, 0.5) is 0 Å². The second-order valence-electron chi connectivity index (χ2n) is 4.17. The predicted octanol–water partition coefficient (Wildman–Crippen LogP) is 3.15. The minimum atomic E-state index is -0.367. The van der Waals surface area contributed by atoms with Crippen molar-refractivity contribution in [1.29, 1.82) is 0 Å². The molecule has 0 bridgehead atoms. The van der Waals surface area contributed by atoms with Crippen LogP contribution in [0.5, 0.6) is 0 Å². The van der Waals surface area contributed by atoms with Crippen molar-refractivity contribution in [2.75, 3.05) is 0 Å². The van der Waals surface area contributed by atoms with E-state index < -0.39 is 0 Å². The molecule has 13 heavy (non-hydrogen) atoms. The summed E-state index contributed by atoms with van der Waals surface area (Å²) in [5, 5.41) is 0.790. The van der Waals surface area contributed by atoms with Crippen molar-refractivity contribution in [3.63, 3.8) is 0 Å². The second kappa shape index (κ2) is 3.32. The standard InChI is InChI=1S/C11H16ClN/c1-7-5-8(2)10(12)9(6-7)11(3,4)13/h5-6H,13H2,1-4H3. The molecule has 0 fully saturated rings. The lowest BCUT2D eigenvalue weighted by atomic mass is 9.92. The van der Waals surface area contributed by atoms with Gasteiger partial charge in [-0.25, -0.2) is 0 Å². The van der Waals surface area contributed by atoms with Crippen LogP contribution in [0.25, 0.3) is 0 Å². The highest BCUT2D eigenvalue weighted by molar-refractivity contribution is 6.32. The summed E-state index contributed by atoms with van der Waals surface area (Å²) in [6.45, 7) is 7.99. The SMILES string of the molecule is Cc1cc(C)c(Cl)c(C(C)(C)N)c1. The van der Waals surface area contributed by atoms with Crippen molar-refractivity contribution in [3.05, 3.63) is 33.8 Å². The molecule has 1 nitrogen and oxygen atoms in total. The number of nitrogens with two attached hydrogens (primary N) is 1. The van der Waals surface area contributed by atoms with E-state index in [1.807, 2.05) is 20.8 Å². The molecule has 2 heteroatoms. The Kier molecular flexibility index (Phi) is 2.69. The van der Waals surface area contributed by atoms with Crippen molar-refractivity contribution < 1.29 is 0 Å². The van der Waals surface area contributed by atoms with Crippen LogP contribution in [-0.4, -0.2) is 0 Å². The first kappa shape index (κ1) is 10.6. The molecule has 0 atom stereocenters. The van der Waals surface area contributed by atoms with Crippen LogP contribution < -0.4 is 5.73 Å². The molecule has 0 aliphatic heterocycles. The summed E-state index contributed by atoms with van der Waals surface area (Å²) in [5.74, 6) is 0. The molecule has 1 rings (SSSR count). The van der Waals surface area contributed by atoms with E-state index in [4.69, 9.17) is 17.3 Å². The fourth-order valence-electron chi connectivity index (χ4n) is 1.42.